The Morgan fingerprint density at radius 2 is 2.21 bits per heavy atom. The van der Waals surface area contributed by atoms with Gasteiger partial charge in [0.1, 0.15) is 35.2 Å². The number of anilines is 1. The fourth-order valence-electron chi connectivity index (χ4n) is 3.61. The van der Waals surface area contributed by atoms with Crippen LogP contribution >= 0.6 is 23.5 Å². The number of rotatable bonds is 12. The second kappa shape index (κ2) is 12.0. The molecule has 1 fully saturated rings. The molecule has 4 heterocycles. The molecule has 0 spiro atoms. The summed E-state index contributed by atoms with van der Waals surface area (Å²) in [6.45, 7) is 2.12. The number of hydrogen-bond donors (Lipinski definition) is 3. The minimum Gasteiger partial charge on any atom is -0.477 e. The zero-order valence-corrected chi connectivity index (χ0v) is 21.9. The summed E-state index contributed by atoms with van der Waals surface area (Å²) in [5.74, 6) is -1.72. The number of hydrogen-bond acceptors (Lipinski definition) is 12. The lowest BCUT2D eigenvalue weighted by Crippen LogP contribution is -2.71. The molecule has 2 atom stereocenters. The van der Waals surface area contributed by atoms with E-state index in [1.807, 2.05) is 6.92 Å². The maximum absolute atomic E-state index is 13.2. The van der Waals surface area contributed by atoms with E-state index in [0.717, 1.165) is 0 Å². The van der Waals surface area contributed by atoms with Gasteiger partial charge in [-0.1, -0.05) is 29.9 Å². The number of aliphatic carboxylic acids is 1. The third kappa shape index (κ3) is 5.62. The average Bonchev–Trinajstić information content (AvgIpc) is 3.32. The van der Waals surface area contributed by atoms with Gasteiger partial charge in [-0.25, -0.2) is 14.5 Å². The molecule has 38 heavy (non-hydrogen) atoms. The van der Waals surface area contributed by atoms with Crippen molar-refractivity contribution in [1.82, 2.24) is 35.4 Å². The smallest absolute Gasteiger partial charge is 0.352 e. The molecule has 2 aliphatic rings. The number of carboxylic acids is 1. The molecular weight excluding hydrogens is 538 g/mol. The lowest BCUT2D eigenvalue weighted by atomic mass is 10.0. The van der Waals surface area contributed by atoms with Gasteiger partial charge in [0.25, 0.3) is 11.8 Å². The van der Waals surface area contributed by atoms with Crippen molar-refractivity contribution in [1.29, 1.82) is 0 Å². The summed E-state index contributed by atoms with van der Waals surface area (Å²) in [5.41, 5.74) is 0.364. The predicted molar refractivity (Wildman–Crippen MR) is 136 cm³/mol. The molecule has 0 aliphatic carbocycles. The highest BCUT2D eigenvalue weighted by Gasteiger charge is 2.54. The number of carboxylic acid groups (broad SMARTS) is 1. The standard InChI is InChI=1S/C21H23N9O6S2/c1-3-7-36-26-14(12-5-4-6-13(23-12)22-10-31)17(32)24-15-18(33)30-16(20(34)35)11(8-37-19(15)30)9-38-21-25-27-28-29(21)2/h4-6,10,15,19H,3,7-9H2,1-2H3,(H,24,32)(H,34,35)(H,22,23,31)/t15?,19-/m0/s1. The number of oxime groups is 1. The molecule has 0 radical (unpaired) electrons. The Balaban J connectivity index is 1.51. The van der Waals surface area contributed by atoms with Crippen LogP contribution < -0.4 is 10.6 Å². The first-order valence-electron chi connectivity index (χ1n) is 11.3. The van der Waals surface area contributed by atoms with E-state index in [2.05, 4.69) is 36.3 Å². The van der Waals surface area contributed by atoms with Crippen molar-refractivity contribution in [3.63, 3.8) is 0 Å². The molecule has 0 bridgehead atoms. The monoisotopic (exact) mass is 561 g/mol. The molecule has 2 aromatic heterocycles. The summed E-state index contributed by atoms with van der Waals surface area (Å²) in [6, 6.07) is 3.63. The van der Waals surface area contributed by atoms with Crippen molar-refractivity contribution in [2.75, 3.05) is 23.4 Å². The van der Waals surface area contributed by atoms with Gasteiger partial charge in [-0.3, -0.25) is 19.3 Å². The third-order valence-corrected chi connectivity index (χ3v) is 7.79. The largest absolute Gasteiger partial charge is 0.477 e. The minimum atomic E-state index is -1.24. The van der Waals surface area contributed by atoms with Gasteiger partial charge < -0.3 is 20.6 Å². The molecule has 1 saturated heterocycles. The molecule has 15 nitrogen and oxygen atoms in total. The van der Waals surface area contributed by atoms with Gasteiger partial charge in [0, 0.05) is 18.6 Å². The van der Waals surface area contributed by atoms with Crippen molar-refractivity contribution in [2.24, 2.45) is 12.2 Å². The van der Waals surface area contributed by atoms with Gasteiger partial charge in [0.2, 0.25) is 11.6 Å². The van der Waals surface area contributed by atoms with Crippen molar-refractivity contribution >= 4 is 59.2 Å². The molecule has 1 unspecified atom stereocenters. The van der Waals surface area contributed by atoms with E-state index in [0.29, 0.717) is 29.3 Å². The first kappa shape index (κ1) is 27.1. The second-order valence-corrected chi connectivity index (χ2v) is 9.98. The lowest BCUT2D eigenvalue weighted by molar-refractivity contribution is -0.150. The van der Waals surface area contributed by atoms with Crippen LogP contribution in [-0.2, 0) is 31.1 Å². The molecule has 0 saturated carbocycles. The fraction of sp³-hybridized carbons (Fsp3) is 0.381. The molecular formula is C21H23N9O6S2. The van der Waals surface area contributed by atoms with Gasteiger partial charge >= 0.3 is 5.97 Å². The minimum absolute atomic E-state index is 0.110. The van der Waals surface area contributed by atoms with E-state index in [4.69, 9.17) is 4.84 Å². The van der Waals surface area contributed by atoms with Crippen molar-refractivity contribution < 1.29 is 29.1 Å². The number of amides is 3. The number of carbonyl (C=O) groups excluding carboxylic acids is 3. The van der Waals surface area contributed by atoms with Crippen LogP contribution in [0.5, 0.6) is 0 Å². The van der Waals surface area contributed by atoms with Crippen LogP contribution in [0.15, 0.2) is 39.8 Å². The van der Waals surface area contributed by atoms with Crippen LogP contribution in [0.2, 0.25) is 0 Å². The Morgan fingerprint density at radius 1 is 1.39 bits per heavy atom. The molecule has 0 aromatic carbocycles. The molecule has 2 aromatic rings. The topological polar surface area (TPSA) is 194 Å². The van der Waals surface area contributed by atoms with E-state index >= 15 is 0 Å². The van der Waals surface area contributed by atoms with Gasteiger partial charge in [0.15, 0.2) is 5.71 Å². The number of β-lactam (4-membered cyclic amide) rings is 1. The second-order valence-electron chi connectivity index (χ2n) is 7.94. The van der Waals surface area contributed by atoms with Crippen molar-refractivity contribution in [3.8, 4) is 0 Å². The average molecular weight is 562 g/mol. The van der Waals surface area contributed by atoms with E-state index in [1.165, 1.54) is 45.2 Å². The number of nitrogens with zero attached hydrogens (tertiary/aromatic N) is 7. The Labute approximate surface area is 224 Å². The first-order chi connectivity index (χ1) is 18.3. The SMILES string of the molecule is CCCON=C(C(=O)NC1C(=O)N2C(C(=O)O)=C(CSc3nnnn3C)CS[C@@H]12)c1cccc(NC=O)n1. The van der Waals surface area contributed by atoms with Crippen LogP contribution in [0.1, 0.15) is 19.0 Å². The number of nitrogens with one attached hydrogen (secondary N) is 2. The number of fused-ring (bicyclic) bond motifs is 1. The molecule has 3 amide bonds. The highest BCUT2D eigenvalue weighted by atomic mass is 32.2. The summed E-state index contributed by atoms with van der Waals surface area (Å²) in [4.78, 5) is 59.7. The maximum atomic E-state index is 13.2. The maximum Gasteiger partial charge on any atom is 0.352 e. The predicted octanol–water partition coefficient (Wildman–Crippen LogP) is -0.165. The van der Waals surface area contributed by atoms with Crippen molar-refractivity contribution in [3.05, 3.63) is 35.2 Å². The summed E-state index contributed by atoms with van der Waals surface area (Å²) in [5, 5.41) is 29.9. The van der Waals surface area contributed by atoms with E-state index in [1.54, 1.807) is 13.1 Å². The number of aromatic nitrogens is 5. The Hall–Kier alpha value is -3.99. The number of pyridine rings is 1. The number of carbonyl (C=O) groups is 4. The Kier molecular flexibility index (Phi) is 8.57. The lowest BCUT2D eigenvalue weighted by Gasteiger charge is -2.49. The van der Waals surface area contributed by atoms with Crippen LogP contribution in [0.4, 0.5) is 5.82 Å². The van der Waals surface area contributed by atoms with Gasteiger partial charge in [-0.15, -0.1) is 16.9 Å². The van der Waals surface area contributed by atoms with Gasteiger partial charge in [-0.05, 0) is 34.6 Å². The highest BCUT2D eigenvalue weighted by Crippen LogP contribution is 2.41. The van der Waals surface area contributed by atoms with E-state index in [-0.39, 0.29) is 35.3 Å². The molecule has 4 rings (SSSR count). The summed E-state index contributed by atoms with van der Waals surface area (Å²) >= 11 is 2.60. The van der Waals surface area contributed by atoms with E-state index in [9.17, 15) is 24.3 Å². The third-order valence-electron chi connectivity index (χ3n) is 5.36. The van der Waals surface area contributed by atoms with E-state index < -0.39 is 29.2 Å². The number of tetrazole rings is 1. The van der Waals surface area contributed by atoms with Gasteiger partial charge in [-0.2, -0.15) is 0 Å². The molecule has 17 heteroatoms. The van der Waals surface area contributed by atoms with Crippen molar-refractivity contribution in [2.45, 2.75) is 29.9 Å². The number of aryl methyl sites for hydroxylation is 1. The zero-order chi connectivity index (χ0) is 27.2. The fourth-order valence-corrected chi connectivity index (χ4v) is 5.95. The quantitative estimate of drug-likeness (QED) is 0.0775. The van der Waals surface area contributed by atoms with Crippen LogP contribution in [0.3, 0.4) is 0 Å². The van der Waals surface area contributed by atoms with Crippen LogP contribution in [0.25, 0.3) is 0 Å². The normalized spacial score (nSPS) is 18.9. The van der Waals surface area contributed by atoms with Crippen LogP contribution in [-0.4, -0.2) is 94.6 Å². The Bertz CT molecular complexity index is 1310. The first-order valence-corrected chi connectivity index (χ1v) is 13.3. The molecule has 3 N–H and O–H groups in total. The highest BCUT2D eigenvalue weighted by molar-refractivity contribution is 8.01. The van der Waals surface area contributed by atoms with Crippen LogP contribution in [0, 0.1) is 0 Å². The summed E-state index contributed by atoms with van der Waals surface area (Å²) in [6.07, 6.45) is 1.09. The number of thioether (sulfide) groups is 2. The Morgan fingerprint density at radius 3 is 2.89 bits per heavy atom. The zero-order valence-electron chi connectivity index (χ0n) is 20.2. The molecule has 200 valence electrons. The van der Waals surface area contributed by atoms with Gasteiger partial charge in [0.05, 0.1) is 0 Å². The summed E-state index contributed by atoms with van der Waals surface area (Å²) in [7, 11) is 1.67. The molecule has 2 aliphatic heterocycles. The summed E-state index contributed by atoms with van der Waals surface area (Å²) < 4.78 is 1.47.